The van der Waals surface area contributed by atoms with Crippen molar-refractivity contribution in [3.8, 4) is 11.4 Å². The molecule has 0 saturated carbocycles. The molecule has 1 N–H and O–H groups in total. The molecule has 3 rings (SSSR count). The Balaban J connectivity index is 1.56. The highest BCUT2D eigenvalue weighted by Gasteiger charge is 2.25. The van der Waals surface area contributed by atoms with Gasteiger partial charge in [0.15, 0.2) is 0 Å². The number of hydrogen-bond acceptors (Lipinski definition) is 5. The van der Waals surface area contributed by atoms with E-state index in [1.807, 2.05) is 6.92 Å². The maximum atomic E-state index is 12.7. The van der Waals surface area contributed by atoms with Crippen molar-refractivity contribution in [2.45, 2.75) is 66.0 Å². The van der Waals surface area contributed by atoms with Crippen LogP contribution in [0.5, 0.6) is 0 Å². The quantitative estimate of drug-likeness (QED) is 0.736. The summed E-state index contributed by atoms with van der Waals surface area (Å²) in [5.41, 5.74) is 2.25. The van der Waals surface area contributed by atoms with Crippen molar-refractivity contribution in [1.29, 1.82) is 0 Å². The first-order chi connectivity index (χ1) is 13.8. The van der Waals surface area contributed by atoms with Crippen molar-refractivity contribution >= 4 is 17.5 Å². The average Bonchev–Trinajstić information content (AvgIpc) is 3.29. The highest BCUT2D eigenvalue weighted by Crippen LogP contribution is 2.28. The van der Waals surface area contributed by atoms with Gasteiger partial charge in [0.2, 0.25) is 5.91 Å². The second-order valence-electron chi connectivity index (χ2n) is 8.99. The van der Waals surface area contributed by atoms with Crippen LogP contribution in [0, 0.1) is 5.41 Å². The topological polar surface area (TPSA) is 76.2 Å². The molecular formula is C21H32ClN5O2. The monoisotopic (exact) mass is 421 g/mol. The van der Waals surface area contributed by atoms with Crippen LogP contribution in [-0.2, 0) is 17.8 Å². The smallest absolute Gasteiger partial charge is 0.224 e. The van der Waals surface area contributed by atoms with Gasteiger partial charge in [-0.25, -0.2) is 0 Å². The first-order valence-electron chi connectivity index (χ1n) is 10.4. The highest BCUT2D eigenvalue weighted by molar-refractivity contribution is 6.31. The highest BCUT2D eigenvalue weighted by atomic mass is 35.5. The lowest BCUT2D eigenvalue weighted by Gasteiger charge is -2.34. The molecule has 1 saturated heterocycles. The fourth-order valence-corrected chi connectivity index (χ4v) is 3.93. The van der Waals surface area contributed by atoms with Gasteiger partial charge in [0.05, 0.1) is 6.42 Å². The van der Waals surface area contributed by atoms with Gasteiger partial charge in [-0.15, -0.1) is 0 Å². The minimum atomic E-state index is -0.0274. The van der Waals surface area contributed by atoms with Crippen molar-refractivity contribution in [3.05, 3.63) is 23.0 Å². The Kier molecular flexibility index (Phi) is 7.01. The number of carbonyl (C=O) groups excluding carboxylic acids is 1. The molecule has 29 heavy (non-hydrogen) atoms. The Morgan fingerprint density at radius 1 is 1.34 bits per heavy atom. The number of rotatable bonds is 7. The molecule has 1 fully saturated rings. The van der Waals surface area contributed by atoms with Crippen molar-refractivity contribution in [2.75, 3.05) is 19.6 Å². The summed E-state index contributed by atoms with van der Waals surface area (Å²) in [7, 11) is 0. The normalized spacial score (nSPS) is 16.3. The predicted molar refractivity (Wildman–Crippen MR) is 114 cm³/mol. The van der Waals surface area contributed by atoms with Crippen LogP contribution in [0.2, 0.25) is 5.15 Å². The SMILES string of the molecule is CCn1nc(-c2ccon2)c(CC(=O)NC2CCN(CCC(C)(C)C)CC2)c1Cl. The van der Waals surface area contributed by atoms with Gasteiger partial charge in [0.1, 0.15) is 22.8 Å². The molecule has 7 nitrogen and oxygen atoms in total. The summed E-state index contributed by atoms with van der Waals surface area (Å²) in [6.45, 7) is 12.6. The molecule has 1 amide bonds. The van der Waals surface area contributed by atoms with Gasteiger partial charge in [-0.1, -0.05) is 37.5 Å². The number of amides is 1. The third-order valence-electron chi connectivity index (χ3n) is 5.43. The van der Waals surface area contributed by atoms with Gasteiger partial charge in [0.25, 0.3) is 0 Å². The van der Waals surface area contributed by atoms with Crippen LogP contribution in [0.25, 0.3) is 11.4 Å². The Morgan fingerprint density at radius 2 is 2.07 bits per heavy atom. The second-order valence-corrected chi connectivity index (χ2v) is 9.35. The molecular weight excluding hydrogens is 390 g/mol. The van der Waals surface area contributed by atoms with E-state index < -0.39 is 0 Å². The molecule has 160 valence electrons. The van der Waals surface area contributed by atoms with Gasteiger partial charge in [-0.05, 0) is 38.1 Å². The lowest BCUT2D eigenvalue weighted by molar-refractivity contribution is -0.121. The van der Waals surface area contributed by atoms with Crippen LogP contribution in [0.1, 0.15) is 52.5 Å². The number of piperidine rings is 1. The fourth-order valence-electron chi connectivity index (χ4n) is 3.62. The average molecular weight is 422 g/mol. The van der Waals surface area contributed by atoms with Gasteiger partial charge in [-0.3, -0.25) is 9.48 Å². The van der Waals surface area contributed by atoms with Crippen molar-refractivity contribution < 1.29 is 9.32 Å². The molecule has 0 bridgehead atoms. The summed E-state index contributed by atoms with van der Waals surface area (Å²) < 4.78 is 6.62. The van der Waals surface area contributed by atoms with E-state index in [9.17, 15) is 4.79 Å². The summed E-state index contributed by atoms with van der Waals surface area (Å²) in [6, 6.07) is 1.94. The van der Waals surface area contributed by atoms with Crippen molar-refractivity contribution in [3.63, 3.8) is 0 Å². The Labute approximate surface area is 177 Å². The number of nitrogens with zero attached hydrogens (tertiary/aromatic N) is 4. The fraction of sp³-hybridized carbons (Fsp3) is 0.667. The second kappa shape index (κ2) is 9.30. The lowest BCUT2D eigenvalue weighted by atomic mass is 9.91. The molecule has 0 aromatic carbocycles. The van der Waals surface area contributed by atoms with E-state index in [2.05, 4.69) is 41.2 Å². The van der Waals surface area contributed by atoms with Crippen LogP contribution in [0.4, 0.5) is 0 Å². The molecule has 1 aliphatic heterocycles. The predicted octanol–water partition coefficient (Wildman–Crippen LogP) is 3.77. The van der Waals surface area contributed by atoms with Crippen LogP contribution < -0.4 is 5.32 Å². The molecule has 1 aliphatic rings. The number of nitrogens with one attached hydrogen (secondary N) is 1. The van der Waals surface area contributed by atoms with E-state index in [0.717, 1.165) is 32.5 Å². The van der Waals surface area contributed by atoms with Gasteiger partial charge in [-0.2, -0.15) is 5.10 Å². The number of halogens is 1. The summed E-state index contributed by atoms with van der Waals surface area (Å²) in [5.74, 6) is -0.0274. The number of likely N-dealkylation sites (tertiary alicyclic amines) is 1. The first-order valence-corrected chi connectivity index (χ1v) is 10.8. The van der Waals surface area contributed by atoms with Crippen molar-refractivity contribution in [2.24, 2.45) is 5.41 Å². The van der Waals surface area contributed by atoms with E-state index in [-0.39, 0.29) is 18.4 Å². The van der Waals surface area contributed by atoms with Crippen molar-refractivity contribution in [1.82, 2.24) is 25.2 Å². The summed E-state index contributed by atoms with van der Waals surface area (Å²) >= 11 is 6.48. The maximum Gasteiger partial charge on any atom is 0.224 e. The third-order valence-corrected chi connectivity index (χ3v) is 5.85. The Morgan fingerprint density at radius 3 is 2.66 bits per heavy atom. The van der Waals surface area contributed by atoms with Crippen LogP contribution in [0.15, 0.2) is 16.9 Å². The van der Waals surface area contributed by atoms with E-state index in [1.165, 1.54) is 12.7 Å². The molecule has 0 radical (unpaired) electrons. The van der Waals surface area contributed by atoms with E-state index in [4.69, 9.17) is 16.1 Å². The minimum absolute atomic E-state index is 0.0274. The van der Waals surface area contributed by atoms with Gasteiger partial charge in [0, 0.05) is 37.3 Å². The van der Waals surface area contributed by atoms with Gasteiger partial charge < -0.3 is 14.7 Å². The van der Waals surface area contributed by atoms with Crippen LogP contribution in [-0.4, -0.2) is 51.4 Å². The largest absolute Gasteiger partial charge is 0.364 e. The molecule has 0 atom stereocenters. The van der Waals surface area contributed by atoms with Crippen LogP contribution >= 0.6 is 11.6 Å². The number of hydrogen-bond donors (Lipinski definition) is 1. The van der Waals surface area contributed by atoms with Crippen LogP contribution in [0.3, 0.4) is 0 Å². The molecule has 2 aromatic heterocycles. The molecule has 0 unspecified atom stereocenters. The number of aryl methyl sites for hydroxylation is 1. The summed E-state index contributed by atoms with van der Waals surface area (Å²) in [5, 5.41) is 12.1. The Bertz CT molecular complexity index is 802. The van der Waals surface area contributed by atoms with Gasteiger partial charge >= 0.3 is 0 Å². The van der Waals surface area contributed by atoms with E-state index >= 15 is 0 Å². The zero-order valence-corrected chi connectivity index (χ0v) is 18.6. The molecule has 0 spiro atoms. The zero-order chi connectivity index (χ0) is 21.0. The maximum absolute atomic E-state index is 12.7. The molecule has 8 heteroatoms. The standard InChI is InChI=1S/C21H32ClN5O2/c1-5-27-20(22)16(19(24-27)17-8-13-29-25-17)14-18(28)23-15-6-10-26(11-7-15)12-9-21(2,3)4/h8,13,15H,5-7,9-12,14H2,1-4H3,(H,23,28). The summed E-state index contributed by atoms with van der Waals surface area (Å²) in [6.07, 6.45) is 4.83. The van der Waals surface area contributed by atoms with E-state index in [0.29, 0.717) is 34.1 Å². The lowest BCUT2D eigenvalue weighted by Crippen LogP contribution is -2.45. The number of carbonyl (C=O) groups is 1. The third kappa shape index (κ3) is 5.82. The molecule has 3 heterocycles. The molecule has 0 aliphatic carbocycles. The zero-order valence-electron chi connectivity index (χ0n) is 17.9. The first kappa shape index (κ1) is 21.8. The minimum Gasteiger partial charge on any atom is -0.364 e. The Hall–Kier alpha value is -1.86. The number of aromatic nitrogens is 3. The molecule has 2 aromatic rings. The summed E-state index contributed by atoms with van der Waals surface area (Å²) in [4.78, 5) is 15.2. The van der Waals surface area contributed by atoms with E-state index in [1.54, 1.807) is 10.7 Å².